The van der Waals surface area contributed by atoms with Crippen LogP contribution in [0.25, 0.3) is 0 Å². The highest BCUT2D eigenvalue weighted by molar-refractivity contribution is 6.26. The van der Waals surface area contributed by atoms with E-state index < -0.39 is 5.92 Å². The van der Waals surface area contributed by atoms with Crippen molar-refractivity contribution in [1.82, 2.24) is 10.0 Å². The van der Waals surface area contributed by atoms with Crippen LogP contribution < -0.4 is 10.5 Å². The summed E-state index contributed by atoms with van der Waals surface area (Å²) in [4.78, 5) is 38.5. The van der Waals surface area contributed by atoms with Crippen LogP contribution >= 0.6 is 0 Å². The molecule has 33 heavy (non-hydrogen) atoms. The van der Waals surface area contributed by atoms with Crippen LogP contribution in [-0.4, -0.2) is 53.7 Å². The van der Waals surface area contributed by atoms with Gasteiger partial charge in [0.1, 0.15) is 5.75 Å². The summed E-state index contributed by atoms with van der Waals surface area (Å²) >= 11 is 0. The first kappa shape index (κ1) is 23.4. The highest BCUT2D eigenvalue weighted by Crippen LogP contribution is 2.34. The van der Waals surface area contributed by atoms with Gasteiger partial charge in [-0.05, 0) is 75.1 Å². The number of piperidine rings is 2. The number of nitrogens with zero attached hydrogens (tertiary/aromatic N) is 2. The maximum Gasteiger partial charge on any atom is 0.314 e. The van der Waals surface area contributed by atoms with E-state index in [0.29, 0.717) is 23.3 Å². The Balaban J connectivity index is 1.37. The number of hydrogen-bond donors (Lipinski definition) is 1. The number of carbonyl (C=O) groups is 3. The van der Waals surface area contributed by atoms with E-state index in [1.54, 1.807) is 24.3 Å². The molecular weight excluding hydrogens is 418 g/mol. The molecule has 2 fully saturated rings. The maximum absolute atomic E-state index is 12.9. The molecule has 1 aromatic carbocycles. The average molecular weight is 452 g/mol. The summed E-state index contributed by atoms with van der Waals surface area (Å²) in [6, 6.07) is 4.76. The first-order valence-corrected chi connectivity index (χ1v) is 12.0. The van der Waals surface area contributed by atoms with Crippen LogP contribution in [0.2, 0.25) is 0 Å². The van der Waals surface area contributed by atoms with Crippen molar-refractivity contribution < 1.29 is 19.1 Å². The van der Waals surface area contributed by atoms with Crippen molar-refractivity contribution in [3.63, 3.8) is 0 Å². The molecule has 0 aromatic heterocycles. The van der Waals surface area contributed by atoms with Gasteiger partial charge in [0.2, 0.25) is 0 Å². The van der Waals surface area contributed by atoms with Crippen LogP contribution in [0.3, 0.4) is 0 Å². The normalized spacial score (nSPS) is 23.3. The Morgan fingerprint density at radius 1 is 1.03 bits per heavy atom. The number of rotatable bonds is 6. The van der Waals surface area contributed by atoms with E-state index in [4.69, 9.17) is 10.5 Å². The number of carbonyl (C=O) groups excluding carboxylic acids is 3. The van der Waals surface area contributed by atoms with Crippen molar-refractivity contribution in [3.8, 4) is 5.75 Å². The number of hydrogen-bond acceptors (Lipinski definition) is 7. The summed E-state index contributed by atoms with van der Waals surface area (Å²) in [5.74, 6) is -1.26. The zero-order valence-corrected chi connectivity index (χ0v) is 19.3. The number of allylic oxidation sites excluding steroid dienone is 3. The van der Waals surface area contributed by atoms with E-state index in [2.05, 4.69) is 10.0 Å². The Labute approximate surface area is 195 Å². The van der Waals surface area contributed by atoms with E-state index in [1.807, 2.05) is 13.0 Å². The van der Waals surface area contributed by atoms with Gasteiger partial charge in [-0.2, -0.15) is 0 Å². The number of ketones is 2. The minimum Gasteiger partial charge on any atom is -0.426 e. The molecule has 0 radical (unpaired) electrons. The Hall–Kier alpha value is -2.77. The van der Waals surface area contributed by atoms with Gasteiger partial charge in [0.05, 0.1) is 11.8 Å². The molecule has 2 N–H and O–H groups in total. The molecule has 0 spiro atoms. The summed E-state index contributed by atoms with van der Waals surface area (Å²) in [5.41, 5.74) is 7.02. The van der Waals surface area contributed by atoms with Crippen molar-refractivity contribution >= 4 is 17.5 Å². The molecule has 176 valence electrons. The number of ether oxygens (including phenoxy) is 1. The van der Waals surface area contributed by atoms with Crippen molar-refractivity contribution in [1.29, 1.82) is 0 Å². The topological polar surface area (TPSA) is 92.9 Å². The molecule has 2 saturated heterocycles. The number of nitrogens with two attached hydrogens (primary N) is 1. The monoisotopic (exact) mass is 451 g/mol. The van der Waals surface area contributed by atoms with Crippen LogP contribution in [-0.2, 0) is 4.79 Å². The van der Waals surface area contributed by atoms with Crippen LogP contribution in [0.5, 0.6) is 5.75 Å². The second-order valence-corrected chi connectivity index (χ2v) is 9.08. The lowest BCUT2D eigenvalue weighted by atomic mass is 9.94. The van der Waals surface area contributed by atoms with E-state index in [-0.39, 0.29) is 23.5 Å². The molecule has 2 aliphatic heterocycles. The number of esters is 1. The molecule has 3 aliphatic rings. The molecule has 0 bridgehead atoms. The van der Waals surface area contributed by atoms with E-state index >= 15 is 0 Å². The minimum atomic E-state index is -0.757. The van der Waals surface area contributed by atoms with Crippen LogP contribution in [0.1, 0.15) is 66.2 Å². The standard InChI is InChI=1S/C26H33N3O4/c1-2-18(8-11-27)16-23-24(30)21-7-6-20(17-22(21)25(23)31)33-26(32)19-9-14-29(15-10-19)28-12-4-3-5-13-28/h2,6-8,11,17,19,23H,3-5,9-10,12-16,27H2,1H3/b11-8-,18-2+. The second-order valence-electron chi connectivity index (χ2n) is 9.08. The number of fused-ring (bicyclic) bond motifs is 1. The average Bonchev–Trinajstić information content (AvgIpc) is 3.08. The summed E-state index contributed by atoms with van der Waals surface area (Å²) in [5, 5.41) is 4.80. The third kappa shape index (κ3) is 5.09. The van der Waals surface area contributed by atoms with E-state index in [1.165, 1.54) is 25.5 Å². The number of Topliss-reactive ketones (excluding diaryl/α,β-unsaturated/α-hetero) is 2. The van der Waals surface area contributed by atoms with Gasteiger partial charge in [0.15, 0.2) is 11.6 Å². The lowest BCUT2D eigenvalue weighted by molar-refractivity contribution is -0.143. The molecule has 0 amide bonds. The summed E-state index contributed by atoms with van der Waals surface area (Å²) in [7, 11) is 0. The predicted molar refractivity (Wildman–Crippen MR) is 126 cm³/mol. The fourth-order valence-electron chi connectivity index (χ4n) is 5.07. The molecule has 2 heterocycles. The fraction of sp³-hybridized carbons (Fsp3) is 0.500. The Kier molecular flexibility index (Phi) is 7.40. The third-order valence-corrected chi connectivity index (χ3v) is 7.03. The largest absolute Gasteiger partial charge is 0.426 e. The highest BCUT2D eigenvalue weighted by atomic mass is 16.5. The first-order valence-electron chi connectivity index (χ1n) is 12.0. The smallest absolute Gasteiger partial charge is 0.314 e. The van der Waals surface area contributed by atoms with Gasteiger partial charge in [0.25, 0.3) is 0 Å². The molecular formula is C26H33N3O4. The van der Waals surface area contributed by atoms with Gasteiger partial charge in [-0.15, -0.1) is 0 Å². The highest BCUT2D eigenvalue weighted by Gasteiger charge is 2.39. The van der Waals surface area contributed by atoms with Crippen molar-refractivity contribution in [2.45, 2.75) is 45.4 Å². The van der Waals surface area contributed by atoms with Gasteiger partial charge in [-0.1, -0.05) is 12.5 Å². The van der Waals surface area contributed by atoms with Gasteiger partial charge >= 0.3 is 5.97 Å². The third-order valence-electron chi connectivity index (χ3n) is 7.03. The van der Waals surface area contributed by atoms with Crippen molar-refractivity contribution in [3.05, 3.63) is 53.3 Å². The molecule has 7 heteroatoms. The number of benzene rings is 1. The summed E-state index contributed by atoms with van der Waals surface area (Å²) in [6.07, 6.45) is 10.6. The maximum atomic E-state index is 12.9. The molecule has 0 saturated carbocycles. The lowest BCUT2D eigenvalue weighted by Crippen LogP contribution is -2.50. The number of hydrazine groups is 1. The first-order chi connectivity index (χ1) is 16.0. The zero-order chi connectivity index (χ0) is 23.4. The summed E-state index contributed by atoms with van der Waals surface area (Å²) < 4.78 is 5.65. The molecule has 1 atom stereocenters. The Morgan fingerprint density at radius 3 is 2.36 bits per heavy atom. The predicted octanol–water partition coefficient (Wildman–Crippen LogP) is 3.51. The SMILES string of the molecule is C/C=C(\C=C/N)CC1C(=O)c2ccc(OC(=O)C3CCN(N4CCCCC4)CC3)cc2C1=O. The second kappa shape index (κ2) is 10.4. The quantitative estimate of drug-likeness (QED) is 0.306. The van der Waals surface area contributed by atoms with Crippen molar-refractivity contribution in [2.75, 3.05) is 26.2 Å². The van der Waals surface area contributed by atoms with Crippen LogP contribution in [0.15, 0.2) is 42.1 Å². The van der Waals surface area contributed by atoms with Gasteiger partial charge < -0.3 is 10.5 Å². The van der Waals surface area contributed by atoms with Gasteiger partial charge in [-0.25, -0.2) is 10.0 Å². The molecule has 4 rings (SSSR count). The van der Waals surface area contributed by atoms with Gasteiger partial charge in [-0.3, -0.25) is 14.4 Å². The lowest BCUT2D eigenvalue weighted by Gasteiger charge is -2.41. The van der Waals surface area contributed by atoms with Crippen molar-refractivity contribution in [2.24, 2.45) is 17.6 Å². The van der Waals surface area contributed by atoms with E-state index in [0.717, 1.165) is 44.6 Å². The van der Waals surface area contributed by atoms with E-state index in [9.17, 15) is 14.4 Å². The molecule has 1 aromatic rings. The van der Waals surface area contributed by atoms with Gasteiger partial charge in [0, 0.05) is 37.3 Å². The van der Waals surface area contributed by atoms with Crippen LogP contribution in [0.4, 0.5) is 0 Å². The molecule has 1 aliphatic carbocycles. The Bertz CT molecular complexity index is 970. The zero-order valence-electron chi connectivity index (χ0n) is 19.3. The minimum absolute atomic E-state index is 0.148. The van der Waals surface area contributed by atoms with Crippen LogP contribution in [0, 0.1) is 11.8 Å². The fourth-order valence-corrected chi connectivity index (χ4v) is 5.07. The molecule has 1 unspecified atom stereocenters. The Morgan fingerprint density at radius 2 is 1.70 bits per heavy atom. The summed E-state index contributed by atoms with van der Waals surface area (Å²) in [6.45, 7) is 5.79. The molecule has 7 nitrogen and oxygen atoms in total.